The van der Waals surface area contributed by atoms with Gasteiger partial charge in [-0.1, -0.05) is 15.9 Å². The molecule has 2 aromatic carbocycles. The molecule has 5 rings (SSSR count). The van der Waals surface area contributed by atoms with Crippen molar-refractivity contribution in [2.24, 2.45) is 23.7 Å². The minimum atomic E-state index is -0.410. The Morgan fingerprint density at radius 2 is 1.60 bits per heavy atom. The molecule has 1 aliphatic heterocycles. The fourth-order valence-electron chi connectivity index (χ4n) is 5.00. The van der Waals surface area contributed by atoms with E-state index in [4.69, 9.17) is 4.74 Å². The molecule has 1 saturated heterocycles. The predicted octanol–water partition coefficient (Wildman–Crippen LogP) is 3.59. The van der Waals surface area contributed by atoms with Crippen LogP contribution in [0.15, 0.2) is 48.5 Å². The van der Waals surface area contributed by atoms with E-state index in [0.717, 1.165) is 6.42 Å². The Bertz CT molecular complexity index is 1030. The van der Waals surface area contributed by atoms with Gasteiger partial charge in [-0.25, -0.2) is 4.39 Å². The molecule has 2 amide bonds. The van der Waals surface area contributed by atoms with Crippen LogP contribution in [0.1, 0.15) is 16.8 Å². The lowest BCUT2D eigenvalue weighted by atomic mass is 9.79. The van der Waals surface area contributed by atoms with Crippen LogP contribution in [0, 0.1) is 29.5 Å². The maximum absolute atomic E-state index is 13.0. The summed E-state index contributed by atoms with van der Waals surface area (Å²) < 4.78 is 18.4. The van der Waals surface area contributed by atoms with Gasteiger partial charge in [0.1, 0.15) is 11.9 Å². The first kappa shape index (κ1) is 19.2. The van der Waals surface area contributed by atoms with Crippen LogP contribution in [0.4, 0.5) is 15.8 Å². The summed E-state index contributed by atoms with van der Waals surface area (Å²) in [6.45, 7) is 0. The third kappa shape index (κ3) is 3.10. The molecule has 0 aromatic heterocycles. The molecular weight excluding hydrogens is 455 g/mol. The molecule has 154 valence electrons. The second-order valence-electron chi connectivity index (χ2n) is 7.99. The number of esters is 1. The van der Waals surface area contributed by atoms with E-state index in [9.17, 15) is 18.8 Å². The summed E-state index contributed by atoms with van der Waals surface area (Å²) in [6.07, 6.45) is 0.702. The Morgan fingerprint density at radius 3 is 2.30 bits per heavy atom. The molecule has 8 heteroatoms. The van der Waals surface area contributed by atoms with Gasteiger partial charge in [-0.3, -0.25) is 14.4 Å². The van der Waals surface area contributed by atoms with Crippen molar-refractivity contribution in [1.82, 2.24) is 0 Å². The maximum Gasteiger partial charge on any atom is 0.310 e. The number of fused-ring (bicyclic) bond motifs is 1. The van der Waals surface area contributed by atoms with Crippen molar-refractivity contribution in [2.45, 2.75) is 17.4 Å². The molecule has 2 N–H and O–H groups in total. The zero-order chi connectivity index (χ0) is 21.0. The number of amides is 2. The first-order chi connectivity index (χ1) is 14.4. The zero-order valence-corrected chi connectivity index (χ0v) is 17.3. The Morgan fingerprint density at radius 1 is 0.967 bits per heavy atom. The molecule has 0 radical (unpaired) electrons. The molecule has 30 heavy (non-hydrogen) atoms. The number of carbonyl (C=O) groups excluding carboxylic acids is 3. The minimum absolute atomic E-state index is 0.0125. The van der Waals surface area contributed by atoms with E-state index in [-0.39, 0.29) is 52.3 Å². The lowest BCUT2D eigenvalue weighted by molar-refractivity contribution is -0.145. The number of hydrogen-bond acceptors (Lipinski definition) is 4. The second kappa shape index (κ2) is 7.19. The van der Waals surface area contributed by atoms with E-state index >= 15 is 0 Å². The summed E-state index contributed by atoms with van der Waals surface area (Å²) in [5.74, 6) is -1.77. The van der Waals surface area contributed by atoms with Gasteiger partial charge in [0.2, 0.25) is 5.91 Å². The number of anilines is 2. The van der Waals surface area contributed by atoms with E-state index in [1.807, 2.05) is 0 Å². The van der Waals surface area contributed by atoms with E-state index in [1.165, 1.54) is 24.3 Å². The first-order valence-corrected chi connectivity index (χ1v) is 10.7. The molecule has 6 atom stereocenters. The highest BCUT2D eigenvalue weighted by Crippen LogP contribution is 2.60. The van der Waals surface area contributed by atoms with Crippen molar-refractivity contribution in [3.63, 3.8) is 0 Å². The maximum atomic E-state index is 13.0. The van der Waals surface area contributed by atoms with E-state index in [1.54, 1.807) is 24.3 Å². The number of alkyl halides is 1. The van der Waals surface area contributed by atoms with Gasteiger partial charge in [-0.15, -0.1) is 0 Å². The summed E-state index contributed by atoms with van der Waals surface area (Å²) in [5, 5.41) is 5.56. The van der Waals surface area contributed by atoms with E-state index in [0.29, 0.717) is 16.9 Å². The van der Waals surface area contributed by atoms with Crippen LogP contribution in [0.2, 0.25) is 0 Å². The van der Waals surface area contributed by atoms with Gasteiger partial charge in [-0.2, -0.15) is 0 Å². The molecule has 2 aliphatic carbocycles. The Balaban J connectivity index is 1.25. The van der Waals surface area contributed by atoms with Crippen molar-refractivity contribution in [1.29, 1.82) is 0 Å². The van der Waals surface area contributed by atoms with Crippen LogP contribution in [-0.4, -0.2) is 28.7 Å². The van der Waals surface area contributed by atoms with Crippen LogP contribution >= 0.6 is 15.9 Å². The molecule has 2 aromatic rings. The zero-order valence-electron chi connectivity index (χ0n) is 15.7. The highest BCUT2D eigenvalue weighted by atomic mass is 79.9. The van der Waals surface area contributed by atoms with Crippen molar-refractivity contribution in [3.8, 4) is 0 Å². The largest absolute Gasteiger partial charge is 0.461 e. The average molecular weight is 473 g/mol. The van der Waals surface area contributed by atoms with Crippen LogP contribution in [0.25, 0.3) is 0 Å². The van der Waals surface area contributed by atoms with Crippen molar-refractivity contribution in [2.75, 3.05) is 10.6 Å². The SMILES string of the molecule is O=C(Nc1ccc(F)cc1)c1ccc(NC(=O)[C@@H]2[C@H]3C[C@H]4[C@H](OC(=O)[C@@H]42)[C@@H]3Br)cc1. The predicted molar refractivity (Wildman–Crippen MR) is 111 cm³/mol. The Hall–Kier alpha value is -2.74. The van der Waals surface area contributed by atoms with E-state index < -0.39 is 5.92 Å². The number of nitrogens with one attached hydrogen (secondary N) is 2. The molecular formula is C22H18BrFN2O4. The van der Waals surface area contributed by atoms with Gasteiger partial charge in [-0.05, 0) is 60.9 Å². The third-order valence-electron chi connectivity index (χ3n) is 6.34. The standard InChI is InChI=1S/C22H18BrFN2O4/c23-18-14-9-15-17(22(29)30-19(15)18)16(14)21(28)26-12-5-1-10(2-6-12)20(27)25-13-7-3-11(24)4-8-13/h1-8,14-19H,9H2,(H,25,27)(H,26,28)/t14-,15-,16-,17+,18-,19+/m1/s1. The van der Waals surface area contributed by atoms with Crippen LogP contribution in [-0.2, 0) is 14.3 Å². The van der Waals surface area contributed by atoms with Gasteiger partial charge >= 0.3 is 5.97 Å². The number of halogens is 2. The van der Waals surface area contributed by atoms with Gasteiger partial charge in [0.25, 0.3) is 5.91 Å². The summed E-state index contributed by atoms with van der Waals surface area (Å²) in [7, 11) is 0. The quantitative estimate of drug-likeness (QED) is 0.525. The molecule has 2 saturated carbocycles. The molecule has 0 unspecified atom stereocenters. The van der Waals surface area contributed by atoms with E-state index in [2.05, 4.69) is 26.6 Å². The summed E-state index contributed by atoms with van der Waals surface area (Å²) in [4.78, 5) is 37.5. The van der Waals surface area contributed by atoms with Crippen molar-refractivity contribution < 1.29 is 23.5 Å². The first-order valence-electron chi connectivity index (χ1n) is 9.75. The smallest absolute Gasteiger partial charge is 0.310 e. The number of ether oxygens (including phenoxy) is 1. The van der Waals surface area contributed by atoms with Gasteiger partial charge in [0, 0.05) is 22.9 Å². The minimum Gasteiger partial charge on any atom is -0.461 e. The number of hydrogen-bond donors (Lipinski definition) is 2. The highest BCUT2D eigenvalue weighted by molar-refractivity contribution is 9.09. The number of benzene rings is 2. The van der Waals surface area contributed by atoms with Crippen molar-refractivity contribution >= 4 is 45.1 Å². The fourth-order valence-corrected chi connectivity index (χ4v) is 6.04. The monoisotopic (exact) mass is 472 g/mol. The second-order valence-corrected chi connectivity index (χ2v) is 9.05. The number of rotatable bonds is 4. The Kier molecular flexibility index (Phi) is 4.61. The topological polar surface area (TPSA) is 84.5 Å². The number of carbonyl (C=O) groups is 3. The third-order valence-corrected chi connectivity index (χ3v) is 7.54. The van der Waals surface area contributed by atoms with Crippen LogP contribution in [0.5, 0.6) is 0 Å². The molecule has 3 fully saturated rings. The van der Waals surface area contributed by atoms with Gasteiger partial charge in [0.15, 0.2) is 0 Å². The summed E-state index contributed by atoms with van der Waals surface area (Å²) in [5.41, 5.74) is 1.44. The molecule has 1 heterocycles. The fraction of sp³-hybridized carbons (Fsp3) is 0.318. The van der Waals surface area contributed by atoms with Gasteiger partial charge in [0.05, 0.1) is 16.7 Å². The Labute approximate surface area is 180 Å². The summed E-state index contributed by atoms with van der Waals surface area (Å²) >= 11 is 3.60. The summed E-state index contributed by atoms with van der Waals surface area (Å²) in [6, 6.07) is 12.0. The highest BCUT2D eigenvalue weighted by Gasteiger charge is 2.67. The lowest BCUT2D eigenvalue weighted by Crippen LogP contribution is -2.40. The lowest BCUT2D eigenvalue weighted by Gasteiger charge is -2.27. The molecule has 2 bridgehead atoms. The molecule has 0 spiro atoms. The van der Waals surface area contributed by atoms with Crippen LogP contribution in [0.3, 0.4) is 0 Å². The van der Waals surface area contributed by atoms with Crippen LogP contribution < -0.4 is 10.6 Å². The van der Waals surface area contributed by atoms with Crippen molar-refractivity contribution in [3.05, 3.63) is 59.9 Å². The average Bonchev–Trinajstić information content (AvgIpc) is 3.34. The van der Waals surface area contributed by atoms with Gasteiger partial charge < -0.3 is 15.4 Å². The normalized spacial score (nSPS) is 30.8. The molecule has 6 nitrogen and oxygen atoms in total. The molecule has 3 aliphatic rings.